The van der Waals surface area contributed by atoms with Gasteiger partial charge in [-0.15, -0.1) is 0 Å². The molecule has 23 heavy (non-hydrogen) atoms. The molecule has 0 aliphatic heterocycles. The van der Waals surface area contributed by atoms with Gasteiger partial charge in [0.15, 0.2) is 29.0 Å². The molecule has 0 heterocycles. The minimum atomic E-state index is -0.691. The van der Waals surface area contributed by atoms with Gasteiger partial charge in [-0.25, -0.2) is 9.38 Å². The zero-order valence-electron chi connectivity index (χ0n) is 12.8. The molecule has 2 rings (SSSR count). The number of hydrogen-bond donors (Lipinski definition) is 3. The van der Waals surface area contributed by atoms with Gasteiger partial charge < -0.3 is 25.6 Å². The first-order valence-corrected chi connectivity index (χ1v) is 6.80. The average Bonchev–Trinajstić information content (AvgIpc) is 2.55. The van der Waals surface area contributed by atoms with Crippen LogP contribution in [-0.2, 0) is 6.54 Å². The Morgan fingerprint density at radius 2 is 1.91 bits per heavy atom. The van der Waals surface area contributed by atoms with Gasteiger partial charge in [-0.05, 0) is 29.8 Å². The average molecular weight is 319 g/mol. The number of phenolic OH excluding ortho intramolecular Hbond substituents is 1. The molecular weight excluding hydrogens is 301 g/mol. The van der Waals surface area contributed by atoms with Crippen molar-refractivity contribution in [1.82, 2.24) is 0 Å². The van der Waals surface area contributed by atoms with Crippen molar-refractivity contribution in [2.75, 3.05) is 19.5 Å². The Bertz CT molecular complexity index is 720. The third-order valence-electron chi connectivity index (χ3n) is 3.10. The molecule has 0 fully saturated rings. The number of aromatic hydroxyl groups is 1. The maximum Gasteiger partial charge on any atom is 0.193 e. The first-order valence-electron chi connectivity index (χ1n) is 6.80. The van der Waals surface area contributed by atoms with E-state index in [1.165, 1.54) is 12.1 Å². The lowest BCUT2D eigenvalue weighted by molar-refractivity contribution is 0.355. The highest BCUT2D eigenvalue weighted by Crippen LogP contribution is 2.29. The van der Waals surface area contributed by atoms with Crippen molar-refractivity contribution in [1.29, 1.82) is 0 Å². The highest BCUT2D eigenvalue weighted by atomic mass is 19.1. The fourth-order valence-electron chi connectivity index (χ4n) is 1.93. The number of methoxy groups -OCH3 is 2. The van der Waals surface area contributed by atoms with Gasteiger partial charge in [0.05, 0.1) is 20.8 Å². The van der Waals surface area contributed by atoms with E-state index in [0.29, 0.717) is 22.7 Å². The second-order valence-corrected chi connectivity index (χ2v) is 4.68. The molecule has 0 bridgehead atoms. The Kier molecular flexibility index (Phi) is 5.24. The maximum absolute atomic E-state index is 13.2. The standard InChI is InChI=1S/C16H18FN3O3/c1-22-14-6-4-11(8-15(14)23-2)20-16(18)19-9-10-3-5-13(21)12(17)7-10/h3-8,21H,9H2,1-2H3,(H3,18,19,20). The minimum absolute atomic E-state index is 0.172. The Hall–Kier alpha value is -2.96. The van der Waals surface area contributed by atoms with Crippen LogP contribution in [0.1, 0.15) is 5.56 Å². The van der Waals surface area contributed by atoms with Crippen LogP contribution in [-0.4, -0.2) is 25.3 Å². The van der Waals surface area contributed by atoms with Crippen molar-refractivity contribution < 1.29 is 19.0 Å². The molecule has 0 saturated carbocycles. The van der Waals surface area contributed by atoms with Gasteiger partial charge in [0.2, 0.25) is 0 Å². The third-order valence-corrected chi connectivity index (χ3v) is 3.10. The summed E-state index contributed by atoms with van der Waals surface area (Å²) in [5.74, 6) is 0.253. The molecule has 7 heteroatoms. The van der Waals surface area contributed by atoms with E-state index < -0.39 is 11.6 Å². The van der Waals surface area contributed by atoms with E-state index in [1.807, 2.05) is 0 Å². The quantitative estimate of drug-likeness (QED) is 0.582. The Morgan fingerprint density at radius 3 is 2.57 bits per heavy atom. The molecule has 0 aromatic heterocycles. The molecule has 4 N–H and O–H groups in total. The predicted molar refractivity (Wildman–Crippen MR) is 86.6 cm³/mol. The molecule has 0 unspecified atom stereocenters. The lowest BCUT2D eigenvalue weighted by Crippen LogP contribution is -2.22. The van der Waals surface area contributed by atoms with E-state index in [4.69, 9.17) is 20.3 Å². The van der Waals surface area contributed by atoms with Crippen molar-refractivity contribution in [2.24, 2.45) is 10.7 Å². The first-order chi connectivity index (χ1) is 11.0. The molecular formula is C16H18FN3O3. The largest absolute Gasteiger partial charge is 0.505 e. The summed E-state index contributed by atoms with van der Waals surface area (Å²) >= 11 is 0. The molecule has 0 aliphatic rings. The van der Waals surface area contributed by atoms with Crippen molar-refractivity contribution in [3.05, 3.63) is 47.8 Å². The molecule has 0 spiro atoms. The molecule has 6 nitrogen and oxygen atoms in total. The van der Waals surface area contributed by atoms with E-state index >= 15 is 0 Å². The van der Waals surface area contributed by atoms with Gasteiger partial charge in [-0.3, -0.25) is 0 Å². The van der Waals surface area contributed by atoms with Crippen LogP contribution in [0.3, 0.4) is 0 Å². The third kappa shape index (κ3) is 4.26. The van der Waals surface area contributed by atoms with Crippen LogP contribution < -0.4 is 20.5 Å². The number of rotatable bonds is 5. The molecule has 122 valence electrons. The van der Waals surface area contributed by atoms with Crippen LogP contribution in [0.25, 0.3) is 0 Å². The number of phenols is 1. The fourth-order valence-corrected chi connectivity index (χ4v) is 1.93. The highest BCUT2D eigenvalue weighted by Gasteiger charge is 2.05. The summed E-state index contributed by atoms with van der Waals surface area (Å²) in [4.78, 5) is 4.12. The molecule has 0 atom stereocenters. The van der Waals surface area contributed by atoms with Gasteiger partial charge in [0.25, 0.3) is 0 Å². The van der Waals surface area contributed by atoms with Crippen molar-refractivity contribution in [3.8, 4) is 17.2 Å². The van der Waals surface area contributed by atoms with Crippen molar-refractivity contribution >= 4 is 11.6 Å². The number of anilines is 1. The summed E-state index contributed by atoms with van der Waals surface area (Å²) in [5.41, 5.74) is 7.08. The predicted octanol–water partition coefficient (Wildman–Crippen LogP) is 2.48. The van der Waals surface area contributed by atoms with E-state index in [2.05, 4.69) is 10.3 Å². The molecule has 0 radical (unpaired) electrons. The lowest BCUT2D eigenvalue weighted by atomic mass is 10.2. The van der Waals surface area contributed by atoms with Gasteiger partial charge in [-0.1, -0.05) is 6.07 Å². The zero-order chi connectivity index (χ0) is 16.8. The first kappa shape index (κ1) is 16.4. The van der Waals surface area contributed by atoms with Crippen LogP contribution in [0, 0.1) is 5.82 Å². The number of halogens is 1. The summed E-state index contributed by atoms with van der Waals surface area (Å²) in [7, 11) is 3.09. The normalized spacial score (nSPS) is 11.2. The number of guanidine groups is 1. The van der Waals surface area contributed by atoms with Gasteiger partial charge in [-0.2, -0.15) is 0 Å². The molecule has 2 aromatic carbocycles. The maximum atomic E-state index is 13.2. The lowest BCUT2D eigenvalue weighted by Gasteiger charge is -2.11. The number of aliphatic imine (C=N–C) groups is 1. The summed E-state index contributed by atoms with van der Waals surface area (Å²) < 4.78 is 23.6. The zero-order valence-corrected chi connectivity index (χ0v) is 12.8. The van der Waals surface area contributed by atoms with Crippen LogP contribution in [0.2, 0.25) is 0 Å². The number of hydrogen-bond acceptors (Lipinski definition) is 4. The molecule has 0 aliphatic carbocycles. The minimum Gasteiger partial charge on any atom is -0.505 e. The Labute approximate surface area is 133 Å². The van der Waals surface area contributed by atoms with Crippen LogP contribution >= 0.6 is 0 Å². The number of nitrogens with one attached hydrogen (secondary N) is 1. The number of nitrogens with two attached hydrogens (primary N) is 1. The smallest absolute Gasteiger partial charge is 0.193 e. The summed E-state index contributed by atoms with van der Waals surface area (Å²) in [6, 6.07) is 9.29. The molecule has 0 amide bonds. The van der Waals surface area contributed by atoms with E-state index in [1.54, 1.807) is 38.5 Å². The number of nitrogens with zero attached hydrogens (tertiary/aromatic N) is 1. The van der Waals surface area contributed by atoms with Crippen LogP contribution in [0.4, 0.5) is 10.1 Å². The second-order valence-electron chi connectivity index (χ2n) is 4.68. The fraction of sp³-hybridized carbons (Fsp3) is 0.188. The topological polar surface area (TPSA) is 89.1 Å². The highest BCUT2D eigenvalue weighted by molar-refractivity contribution is 5.92. The summed E-state index contributed by atoms with van der Waals surface area (Å²) in [6.07, 6.45) is 0. The monoisotopic (exact) mass is 319 g/mol. The molecule has 2 aromatic rings. The Morgan fingerprint density at radius 1 is 1.17 bits per heavy atom. The van der Waals surface area contributed by atoms with Crippen molar-refractivity contribution in [2.45, 2.75) is 6.54 Å². The van der Waals surface area contributed by atoms with Gasteiger partial charge in [0, 0.05) is 11.8 Å². The summed E-state index contributed by atoms with van der Waals surface area (Å²) in [5, 5.41) is 12.1. The van der Waals surface area contributed by atoms with Crippen LogP contribution in [0.5, 0.6) is 17.2 Å². The van der Waals surface area contributed by atoms with E-state index in [9.17, 15) is 4.39 Å². The number of ether oxygens (including phenoxy) is 2. The number of benzene rings is 2. The Balaban J connectivity index is 2.05. The molecule has 0 saturated heterocycles. The summed E-state index contributed by atoms with van der Waals surface area (Å²) in [6.45, 7) is 0.184. The van der Waals surface area contributed by atoms with E-state index in [-0.39, 0.29) is 12.5 Å². The van der Waals surface area contributed by atoms with Crippen LogP contribution in [0.15, 0.2) is 41.4 Å². The van der Waals surface area contributed by atoms with E-state index in [0.717, 1.165) is 0 Å². The van der Waals surface area contributed by atoms with Crippen molar-refractivity contribution in [3.63, 3.8) is 0 Å². The van der Waals surface area contributed by atoms with Gasteiger partial charge in [0.1, 0.15) is 0 Å². The second kappa shape index (κ2) is 7.35. The van der Waals surface area contributed by atoms with Gasteiger partial charge >= 0.3 is 0 Å². The SMILES string of the molecule is COc1ccc(NC(N)=NCc2ccc(O)c(F)c2)cc1OC.